The van der Waals surface area contributed by atoms with Gasteiger partial charge in [-0.25, -0.2) is 18.4 Å². The van der Waals surface area contributed by atoms with Gasteiger partial charge in [-0.3, -0.25) is 18.7 Å². The van der Waals surface area contributed by atoms with E-state index in [1.54, 1.807) is 43.6 Å². The minimum absolute atomic E-state index is 0.166. The topological polar surface area (TPSA) is 151 Å². The van der Waals surface area contributed by atoms with Crippen LogP contribution in [0.15, 0.2) is 81.7 Å². The molecule has 0 amide bonds. The van der Waals surface area contributed by atoms with Gasteiger partial charge in [0.05, 0.1) is 12.7 Å². The van der Waals surface area contributed by atoms with E-state index in [9.17, 15) is 18.0 Å². The summed E-state index contributed by atoms with van der Waals surface area (Å²) in [6.07, 6.45) is 4.40. The Balaban J connectivity index is 1.14. The molecule has 2 atom stereocenters. The van der Waals surface area contributed by atoms with Gasteiger partial charge in [-0.2, -0.15) is 9.97 Å². The second-order valence-electron chi connectivity index (χ2n) is 12.2. The molecule has 6 aromatic rings. The lowest BCUT2D eigenvalue weighted by Gasteiger charge is -2.19. The molecule has 0 aliphatic carbocycles. The Bertz CT molecular complexity index is 2520. The van der Waals surface area contributed by atoms with Crippen LogP contribution in [0.1, 0.15) is 19.4 Å². The number of rotatable bonds is 10. The van der Waals surface area contributed by atoms with Gasteiger partial charge in [0, 0.05) is 81.9 Å². The number of pyridine rings is 2. The SMILES string of the molecule is CC(CO[C@H](C)Cc1ccc(Cl)c(-c2cc3cnc(S(C)(=O)=O)nc3n(C)c2=O)c1)Nc1ncc2cc(-c3ccccc3Cl)c(=O)n(C)c2n1. The predicted molar refractivity (Wildman–Crippen MR) is 196 cm³/mol. The quantitative estimate of drug-likeness (QED) is 0.180. The highest BCUT2D eigenvalue weighted by Gasteiger charge is 2.19. The van der Waals surface area contributed by atoms with E-state index >= 15 is 0 Å². The molecule has 258 valence electrons. The highest BCUT2D eigenvalue weighted by atomic mass is 35.5. The van der Waals surface area contributed by atoms with E-state index in [0.717, 1.165) is 11.8 Å². The summed E-state index contributed by atoms with van der Waals surface area (Å²) in [4.78, 5) is 43.7. The summed E-state index contributed by atoms with van der Waals surface area (Å²) in [5.41, 5.74) is 2.97. The molecule has 15 heteroatoms. The molecule has 4 heterocycles. The zero-order valence-corrected chi connectivity index (χ0v) is 30.1. The van der Waals surface area contributed by atoms with E-state index in [0.29, 0.717) is 67.7 Å². The number of halogens is 2. The highest BCUT2D eigenvalue weighted by molar-refractivity contribution is 7.90. The van der Waals surface area contributed by atoms with Gasteiger partial charge in [-0.05, 0) is 56.2 Å². The monoisotopic (exact) mass is 733 g/mol. The third-order valence-electron chi connectivity index (χ3n) is 8.22. The first-order valence-corrected chi connectivity index (χ1v) is 18.2. The van der Waals surface area contributed by atoms with Crippen molar-refractivity contribution in [1.82, 2.24) is 29.1 Å². The maximum atomic E-state index is 13.4. The Labute approximate surface area is 297 Å². The average molecular weight is 735 g/mol. The van der Waals surface area contributed by atoms with Gasteiger partial charge in [0.25, 0.3) is 11.1 Å². The Kier molecular flexibility index (Phi) is 9.78. The number of hydrogen-bond donors (Lipinski definition) is 1. The van der Waals surface area contributed by atoms with E-state index in [1.165, 1.54) is 22.4 Å². The van der Waals surface area contributed by atoms with E-state index in [4.69, 9.17) is 27.9 Å². The first kappa shape index (κ1) is 35.1. The number of hydrogen-bond acceptors (Lipinski definition) is 10. The molecule has 2 aromatic carbocycles. The summed E-state index contributed by atoms with van der Waals surface area (Å²) in [5, 5.41) is 4.96. The number of benzene rings is 2. The minimum atomic E-state index is -3.65. The molecular weight excluding hydrogens is 701 g/mol. The summed E-state index contributed by atoms with van der Waals surface area (Å²) in [6, 6.07) is 15.9. The van der Waals surface area contributed by atoms with Gasteiger partial charge in [0.2, 0.25) is 20.9 Å². The van der Waals surface area contributed by atoms with E-state index in [2.05, 4.69) is 25.3 Å². The number of nitrogens with one attached hydrogen (secondary N) is 1. The number of aryl methyl sites for hydroxylation is 2. The Hall–Kier alpha value is -4.69. The van der Waals surface area contributed by atoms with Crippen molar-refractivity contribution < 1.29 is 13.2 Å². The lowest BCUT2D eigenvalue weighted by molar-refractivity contribution is 0.0620. The number of sulfone groups is 1. The Morgan fingerprint density at radius 3 is 2.06 bits per heavy atom. The molecular formula is C35H33Cl2N7O5S. The fraction of sp³-hybridized carbons (Fsp3) is 0.257. The Morgan fingerprint density at radius 1 is 0.800 bits per heavy atom. The second kappa shape index (κ2) is 13.9. The minimum Gasteiger partial charge on any atom is -0.376 e. The number of anilines is 1. The number of fused-ring (bicyclic) bond motifs is 2. The van der Waals surface area contributed by atoms with Crippen LogP contribution in [-0.2, 0) is 35.1 Å². The second-order valence-corrected chi connectivity index (χ2v) is 14.9. The summed E-state index contributed by atoms with van der Waals surface area (Å²) < 4.78 is 32.8. The number of aromatic nitrogens is 6. The molecule has 1 unspecified atom stereocenters. The summed E-state index contributed by atoms with van der Waals surface area (Å²) in [7, 11) is -0.460. The predicted octanol–water partition coefficient (Wildman–Crippen LogP) is 5.46. The molecule has 1 N–H and O–H groups in total. The van der Waals surface area contributed by atoms with Crippen molar-refractivity contribution >= 4 is 61.1 Å². The van der Waals surface area contributed by atoms with Crippen LogP contribution >= 0.6 is 23.2 Å². The molecule has 0 saturated carbocycles. The van der Waals surface area contributed by atoms with Gasteiger partial charge < -0.3 is 10.1 Å². The van der Waals surface area contributed by atoms with E-state index in [1.807, 2.05) is 38.1 Å². The van der Waals surface area contributed by atoms with E-state index < -0.39 is 9.84 Å². The fourth-order valence-electron chi connectivity index (χ4n) is 5.66. The lowest BCUT2D eigenvalue weighted by Crippen LogP contribution is -2.27. The number of nitrogens with zero attached hydrogens (tertiary/aromatic N) is 6. The van der Waals surface area contributed by atoms with Crippen molar-refractivity contribution in [3.8, 4) is 22.3 Å². The third-order valence-corrected chi connectivity index (χ3v) is 9.74. The normalized spacial score (nSPS) is 13.1. The van der Waals surface area contributed by atoms with Crippen molar-refractivity contribution in [3.63, 3.8) is 0 Å². The van der Waals surface area contributed by atoms with Gasteiger partial charge in [-0.1, -0.05) is 47.5 Å². The molecule has 12 nitrogen and oxygen atoms in total. The van der Waals surface area contributed by atoms with Crippen LogP contribution in [0.3, 0.4) is 0 Å². The fourth-order valence-corrected chi connectivity index (χ4v) is 6.61. The first-order chi connectivity index (χ1) is 23.7. The summed E-state index contributed by atoms with van der Waals surface area (Å²) in [5.74, 6) is 0.360. The van der Waals surface area contributed by atoms with Crippen molar-refractivity contribution in [2.75, 3.05) is 18.2 Å². The summed E-state index contributed by atoms with van der Waals surface area (Å²) >= 11 is 12.9. The maximum absolute atomic E-state index is 13.4. The molecule has 0 aliphatic rings. The molecule has 0 spiro atoms. The molecule has 0 fully saturated rings. The molecule has 0 saturated heterocycles. The van der Waals surface area contributed by atoms with Crippen molar-refractivity contribution in [1.29, 1.82) is 0 Å². The number of ether oxygens (including phenoxy) is 1. The van der Waals surface area contributed by atoms with Gasteiger partial charge in [0.1, 0.15) is 11.3 Å². The zero-order valence-electron chi connectivity index (χ0n) is 27.8. The van der Waals surface area contributed by atoms with Gasteiger partial charge in [-0.15, -0.1) is 0 Å². The van der Waals surface area contributed by atoms with Crippen molar-refractivity contribution in [3.05, 3.63) is 103 Å². The first-order valence-electron chi connectivity index (χ1n) is 15.6. The molecule has 0 radical (unpaired) electrons. The molecule has 6 rings (SSSR count). The standard InChI is InChI=1S/C35H33Cl2N7O5S/c1-19(40-34-38-16-22-14-26(24-8-6-7-9-28(24)36)32(45)43(3)30(22)41-34)18-49-20(2)12-21-10-11-29(37)25(13-21)27-15-23-17-39-35(50(5,47)48)42-31(23)44(4)33(27)46/h6-11,13-17,19-20H,12,18H2,1-5H3,(H,38,40,41)/t19?,20-/m1/s1. The molecule has 4 aromatic heterocycles. The van der Waals surface area contributed by atoms with Crippen LogP contribution in [0.25, 0.3) is 44.3 Å². The highest BCUT2D eigenvalue weighted by Crippen LogP contribution is 2.30. The van der Waals surface area contributed by atoms with Crippen molar-refractivity contribution in [2.45, 2.75) is 37.6 Å². The molecule has 50 heavy (non-hydrogen) atoms. The summed E-state index contributed by atoms with van der Waals surface area (Å²) in [6.45, 7) is 4.23. The lowest BCUT2D eigenvalue weighted by atomic mass is 10.0. The van der Waals surface area contributed by atoms with Crippen LogP contribution in [0, 0.1) is 0 Å². The average Bonchev–Trinajstić information content (AvgIpc) is 3.08. The maximum Gasteiger partial charge on any atom is 0.259 e. The van der Waals surface area contributed by atoms with Gasteiger partial charge in [0.15, 0.2) is 0 Å². The van der Waals surface area contributed by atoms with Crippen molar-refractivity contribution in [2.24, 2.45) is 14.1 Å². The van der Waals surface area contributed by atoms with Gasteiger partial charge >= 0.3 is 0 Å². The molecule has 0 bridgehead atoms. The van der Waals surface area contributed by atoms with Crippen LogP contribution < -0.4 is 16.4 Å². The third kappa shape index (κ3) is 7.13. The van der Waals surface area contributed by atoms with Crippen LogP contribution in [0.4, 0.5) is 5.95 Å². The van der Waals surface area contributed by atoms with Crippen LogP contribution in [0.2, 0.25) is 10.0 Å². The molecule has 0 aliphatic heterocycles. The Morgan fingerprint density at radius 2 is 1.40 bits per heavy atom. The van der Waals surface area contributed by atoms with Crippen LogP contribution in [-0.4, -0.2) is 62.5 Å². The smallest absolute Gasteiger partial charge is 0.259 e. The van der Waals surface area contributed by atoms with E-state index in [-0.39, 0.29) is 34.1 Å². The zero-order chi connectivity index (χ0) is 35.9. The van der Waals surface area contributed by atoms with Crippen LogP contribution in [0.5, 0.6) is 0 Å². The largest absolute Gasteiger partial charge is 0.376 e.